The number of benzene rings is 1. The Kier molecular flexibility index (Phi) is 7.42. The lowest BCUT2D eigenvalue weighted by Crippen LogP contribution is -1.98. The van der Waals surface area contributed by atoms with Crippen LogP contribution in [0.1, 0.15) is 33.6 Å². The predicted molar refractivity (Wildman–Crippen MR) is 62.6 cm³/mol. The van der Waals surface area contributed by atoms with Crippen molar-refractivity contribution >= 4 is 5.69 Å². The van der Waals surface area contributed by atoms with E-state index in [0.717, 1.165) is 6.42 Å². The zero-order valence-corrected chi connectivity index (χ0v) is 9.72. The van der Waals surface area contributed by atoms with Gasteiger partial charge in [0.05, 0.1) is 6.61 Å². The highest BCUT2D eigenvalue weighted by molar-refractivity contribution is 5.42. The topological polar surface area (TPSA) is 35.2 Å². The number of ether oxygens (including phenoxy) is 1. The van der Waals surface area contributed by atoms with E-state index in [1.807, 2.05) is 6.92 Å². The molecule has 0 aliphatic rings. The van der Waals surface area contributed by atoms with Gasteiger partial charge in [0.15, 0.2) is 11.6 Å². The SMILES string of the molecule is CCC.CCCOc1ccc(N)cc1F. The second-order valence-electron chi connectivity index (χ2n) is 3.25. The van der Waals surface area contributed by atoms with Crippen molar-refractivity contribution in [3.05, 3.63) is 24.0 Å². The van der Waals surface area contributed by atoms with Crippen LogP contribution < -0.4 is 10.5 Å². The van der Waals surface area contributed by atoms with Gasteiger partial charge in [0, 0.05) is 11.8 Å². The summed E-state index contributed by atoms with van der Waals surface area (Å²) in [5, 5.41) is 0. The molecule has 1 aromatic rings. The third kappa shape index (κ3) is 5.94. The molecule has 0 fully saturated rings. The Morgan fingerprint density at radius 3 is 2.33 bits per heavy atom. The molecule has 1 aromatic carbocycles. The van der Waals surface area contributed by atoms with Crippen LogP contribution in [-0.4, -0.2) is 6.61 Å². The van der Waals surface area contributed by atoms with Crippen LogP contribution in [0.25, 0.3) is 0 Å². The Bertz CT molecular complexity index is 276. The largest absolute Gasteiger partial charge is 0.491 e. The molecule has 0 radical (unpaired) electrons. The van der Waals surface area contributed by atoms with Gasteiger partial charge in [0.1, 0.15) is 0 Å². The summed E-state index contributed by atoms with van der Waals surface area (Å²) < 4.78 is 18.1. The minimum absolute atomic E-state index is 0.269. The average Bonchev–Trinajstić information content (AvgIpc) is 2.18. The maximum atomic E-state index is 13.0. The summed E-state index contributed by atoms with van der Waals surface area (Å²) in [6.07, 6.45) is 2.11. The zero-order chi connectivity index (χ0) is 11.7. The maximum Gasteiger partial charge on any atom is 0.167 e. The molecule has 1 rings (SSSR count). The molecule has 0 unspecified atom stereocenters. The summed E-state index contributed by atoms with van der Waals surface area (Å²) in [7, 11) is 0. The Morgan fingerprint density at radius 2 is 1.87 bits per heavy atom. The molecule has 0 atom stereocenters. The highest BCUT2D eigenvalue weighted by atomic mass is 19.1. The summed E-state index contributed by atoms with van der Waals surface area (Å²) in [5.74, 6) is -0.130. The van der Waals surface area contributed by atoms with Crippen LogP contribution in [0, 0.1) is 5.82 Å². The van der Waals surface area contributed by atoms with Gasteiger partial charge in [-0.25, -0.2) is 4.39 Å². The third-order valence-corrected chi connectivity index (χ3v) is 1.42. The van der Waals surface area contributed by atoms with Crippen molar-refractivity contribution in [1.29, 1.82) is 0 Å². The number of rotatable bonds is 3. The maximum absolute atomic E-state index is 13.0. The second kappa shape index (κ2) is 8.09. The fourth-order valence-corrected chi connectivity index (χ4v) is 0.846. The van der Waals surface area contributed by atoms with Crippen molar-refractivity contribution in [2.75, 3.05) is 12.3 Å². The number of nitrogens with two attached hydrogens (primary N) is 1. The van der Waals surface area contributed by atoms with E-state index in [9.17, 15) is 4.39 Å². The molecular weight excluding hydrogens is 193 g/mol. The minimum atomic E-state index is -0.400. The van der Waals surface area contributed by atoms with Gasteiger partial charge in [-0.05, 0) is 18.6 Å². The van der Waals surface area contributed by atoms with Crippen molar-refractivity contribution in [1.82, 2.24) is 0 Å². The molecule has 0 bridgehead atoms. The van der Waals surface area contributed by atoms with Crippen LogP contribution in [0.5, 0.6) is 5.75 Å². The first-order valence-electron chi connectivity index (χ1n) is 5.33. The van der Waals surface area contributed by atoms with Crippen molar-refractivity contribution in [2.45, 2.75) is 33.6 Å². The van der Waals surface area contributed by atoms with Gasteiger partial charge in [-0.1, -0.05) is 27.2 Å². The molecule has 0 aliphatic carbocycles. The van der Waals surface area contributed by atoms with Crippen molar-refractivity contribution in [2.24, 2.45) is 0 Å². The van der Waals surface area contributed by atoms with Gasteiger partial charge in [-0.15, -0.1) is 0 Å². The van der Waals surface area contributed by atoms with E-state index in [-0.39, 0.29) is 5.75 Å². The van der Waals surface area contributed by atoms with Crippen LogP contribution >= 0.6 is 0 Å². The third-order valence-electron chi connectivity index (χ3n) is 1.42. The van der Waals surface area contributed by atoms with Crippen LogP contribution in [0.3, 0.4) is 0 Å². The van der Waals surface area contributed by atoms with Crippen molar-refractivity contribution in [3.63, 3.8) is 0 Å². The summed E-state index contributed by atoms with van der Waals surface area (Å²) >= 11 is 0. The summed E-state index contributed by atoms with van der Waals surface area (Å²) in [4.78, 5) is 0. The van der Waals surface area contributed by atoms with E-state index < -0.39 is 5.82 Å². The Balaban J connectivity index is 0.000000583. The predicted octanol–water partition coefficient (Wildman–Crippen LogP) is 3.61. The molecule has 2 nitrogen and oxygen atoms in total. The normalized spacial score (nSPS) is 9.07. The van der Waals surface area contributed by atoms with Gasteiger partial charge >= 0.3 is 0 Å². The number of hydrogen-bond donors (Lipinski definition) is 1. The van der Waals surface area contributed by atoms with Crippen LogP contribution in [-0.2, 0) is 0 Å². The number of anilines is 1. The molecular formula is C12H20FNO. The highest BCUT2D eigenvalue weighted by Gasteiger charge is 2.01. The highest BCUT2D eigenvalue weighted by Crippen LogP contribution is 2.19. The first-order chi connectivity index (χ1) is 7.15. The van der Waals surface area contributed by atoms with Crippen molar-refractivity contribution in [3.8, 4) is 5.75 Å². The fraction of sp³-hybridized carbons (Fsp3) is 0.500. The standard InChI is InChI=1S/C9H12FNO.C3H8/c1-2-5-12-9-4-3-7(11)6-8(9)10;1-3-2/h3-4,6H,2,5,11H2,1H3;3H2,1-2H3. The molecule has 2 N–H and O–H groups in total. The molecule has 0 saturated carbocycles. The Hall–Kier alpha value is -1.25. The van der Waals surface area contributed by atoms with Crippen LogP contribution in [0.2, 0.25) is 0 Å². The quantitative estimate of drug-likeness (QED) is 0.778. The van der Waals surface area contributed by atoms with E-state index in [4.69, 9.17) is 10.5 Å². The number of hydrogen-bond acceptors (Lipinski definition) is 2. The first kappa shape index (κ1) is 13.8. The second-order valence-corrected chi connectivity index (χ2v) is 3.25. The summed E-state index contributed by atoms with van der Waals surface area (Å²) in [6, 6.07) is 4.42. The monoisotopic (exact) mass is 213 g/mol. The smallest absolute Gasteiger partial charge is 0.167 e. The zero-order valence-electron chi connectivity index (χ0n) is 9.72. The van der Waals surface area contributed by atoms with E-state index >= 15 is 0 Å². The van der Waals surface area contributed by atoms with Gasteiger partial charge in [-0.2, -0.15) is 0 Å². The van der Waals surface area contributed by atoms with Crippen LogP contribution in [0.4, 0.5) is 10.1 Å². The molecule has 0 aliphatic heterocycles. The summed E-state index contributed by atoms with van der Waals surface area (Å²) in [6.45, 7) is 6.75. The van der Waals surface area contributed by atoms with E-state index in [0.29, 0.717) is 12.3 Å². The molecule has 3 heteroatoms. The Labute approximate surface area is 91.2 Å². The first-order valence-corrected chi connectivity index (χ1v) is 5.33. The fourth-order valence-electron chi connectivity index (χ4n) is 0.846. The lowest BCUT2D eigenvalue weighted by atomic mass is 10.3. The molecule has 0 spiro atoms. The van der Waals surface area contributed by atoms with Crippen LogP contribution in [0.15, 0.2) is 18.2 Å². The van der Waals surface area contributed by atoms with Gasteiger partial charge in [0.25, 0.3) is 0 Å². The van der Waals surface area contributed by atoms with E-state index in [2.05, 4.69) is 13.8 Å². The number of nitrogen functional groups attached to an aromatic ring is 1. The molecule has 0 aromatic heterocycles. The molecule has 86 valence electrons. The lowest BCUT2D eigenvalue weighted by molar-refractivity contribution is 0.301. The summed E-state index contributed by atoms with van der Waals surface area (Å²) in [5.41, 5.74) is 5.77. The average molecular weight is 213 g/mol. The molecule has 0 heterocycles. The van der Waals surface area contributed by atoms with Gasteiger partial charge < -0.3 is 10.5 Å². The minimum Gasteiger partial charge on any atom is -0.491 e. The van der Waals surface area contributed by atoms with Gasteiger partial charge in [0.2, 0.25) is 0 Å². The van der Waals surface area contributed by atoms with Crippen molar-refractivity contribution < 1.29 is 9.13 Å². The van der Waals surface area contributed by atoms with E-state index in [1.54, 1.807) is 12.1 Å². The Morgan fingerprint density at radius 1 is 1.27 bits per heavy atom. The number of halogens is 1. The molecule has 0 saturated heterocycles. The molecule has 15 heavy (non-hydrogen) atoms. The van der Waals surface area contributed by atoms with E-state index in [1.165, 1.54) is 12.5 Å². The molecule has 0 amide bonds. The van der Waals surface area contributed by atoms with Gasteiger partial charge in [-0.3, -0.25) is 0 Å². The lowest BCUT2D eigenvalue weighted by Gasteiger charge is -2.05.